The van der Waals surface area contributed by atoms with Crippen molar-refractivity contribution in [2.24, 2.45) is 11.8 Å². The molecule has 1 unspecified atom stereocenters. The standard InChI is InChI=1S/C17H19F3N2O5/c18-17(19,20)14-8-22(7-13(14)15(23)24)16(25)21-10-1-3-11(4-2-10)27-12-5-6-26-9-12/h1-4,12-14H,5-9H2,(H,21,25)(H,23,24)/t12?,13-,14-/m1/s1. The van der Waals surface area contributed by atoms with E-state index >= 15 is 0 Å². The molecule has 2 aliphatic rings. The highest BCUT2D eigenvalue weighted by Gasteiger charge is 2.53. The molecule has 0 aliphatic carbocycles. The Morgan fingerprint density at radius 2 is 1.93 bits per heavy atom. The van der Waals surface area contributed by atoms with Crippen molar-refractivity contribution in [1.82, 2.24) is 4.90 Å². The van der Waals surface area contributed by atoms with E-state index in [0.29, 0.717) is 24.7 Å². The fourth-order valence-electron chi connectivity index (χ4n) is 3.17. The molecule has 0 saturated carbocycles. The molecule has 2 fully saturated rings. The van der Waals surface area contributed by atoms with E-state index in [2.05, 4.69) is 5.32 Å². The molecule has 1 aromatic rings. The van der Waals surface area contributed by atoms with Gasteiger partial charge in [-0.2, -0.15) is 13.2 Å². The summed E-state index contributed by atoms with van der Waals surface area (Å²) in [5.41, 5.74) is 0.373. The first-order valence-electron chi connectivity index (χ1n) is 8.44. The Bertz CT molecular complexity index is 689. The van der Waals surface area contributed by atoms with Gasteiger partial charge >= 0.3 is 18.2 Å². The van der Waals surface area contributed by atoms with Gasteiger partial charge in [-0.05, 0) is 24.3 Å². The van der Waals surface area contributed by atoms with Crippen molar-refractivity contribution >= 4 is 17.7 Å². The monoisotopic (exact) mass is 388 g/mol. The number of anilines is 1. The average molecular weight is 388 g/mol. The smallest absolute Gasteiger partial charge is 0.394 e. The molecule has 3 rings (SSSR count). The first kappa shape index (κ1) is 19.3. The number of benzene rings is 1. The van der Waals surface area contributed by atoms with Crippen molar-refractivity contribution in [2.75, 3.05) is 31.6 Å². The molecule has 27 heavy (non-hydrogen) atoms. The van der Waals surface area contributed by atoms with Gasteiger partial charge in [0.25, 0.3) is 0 Å². The zero-order valence-corrected chi connectivity index (χ0v) is 14.2. The maximum Gasteiger partial charge on any atom is 0.394 e. The van der Waals surface area contributed by atoms with Crippen molar-refractivity contribution in [3.05, 3.63) is 24.3 Å². The molecular formula is C17H19F3N2O5. The zero-order chi connectivity index (χ0) is 19.6. The van der Waals surface area contributed by atoms with Crippen LogP contribution in [0.5, 0.6) is 5.75 Å². The fraction of sp³-hybridized carbons (Fsp3) is 0.529. The fourth-order valence-corrected chi connectivity index (χ4v) is 3.17. The minimum Gasteiger partial charge on any atom is -0.488 e. The highest BCUT2D eigenvalue weighted by Crippen LogP contribution is 2.37. The number of alkyl halides is 3. The maximum atomic E-state index is 13.0. The topological polar surface area (TPSA) is 88.1 Å². The molecule has 148 valence electrons. The molecule has 0 spiro atoms. The van der Waals surface area contributed by atoms with Crippen molar-refractivity contribution in [2.45, 2.75) is 18.7 Å². The van der Waals surface area contributed by atoms with Gasteiger partial charge in [-0.25, -0.2) is 4.79 Å². The first-order valence-corrected chi connectivity index (χ1v) is 8.44. The van der Waals surface area contributed by atoms with Crippen molar-refractivity contribution < 1.29 is 37.3 Å². The first-order chi connectivity index (χ1) is 12.7. The summed E-state index contributed by atoms with van der Waals surface area (Å²) in [5.74, 6) is -4.72. The molecule has 0 aromatic heterocycles. The van der Waals surface area contributed by atoms with Gasteiger partial charge in [0.2, 0.25) is 0 Å². The zero-order valence-electron chi connectivity index (χ0n) is 14.2. The van der Waals surface area contributed by atoms with E-state index in [-0.39, 0.29) is 6.10 Å². The average Bonchev–Trinajstić information content (AvgIpc) is 3.25. The number of hydrogen-bond acceptors (Lipinski definition) is 4. The number of urea groups is 1. The van der Waals surface area contributed by atoms with Gasteiger partial charge in [-0.1, -0.05) is 0 Å². The highest BCUT2D eigenvalue weighted by atomic mass is 19.4. The summed E-state index contributed by atoms with van der Waals surface area (Å²) >= 11 is 0. The molecular weight excluding hydrogens is 369 g/mol. The summed E-state index contributed by atoms with van der Waals surface area (Å²) in [4.78, 5) is 24.2. The molecule has 2 heterocycles. The van der Waals surface area contributed by atoms with Crippen LogP contribution in [0.15, 0.2) is 24.3 Å². The predicted molar refractivity (Wildman–Crippen MR) is 87.6 cm³/mol. The SMILES string of the molecule is O=C(O)[C@@H]1CN(C(=O)Nc2ccc(OC3CCOC3)cc2)C[C@H]1C(F)(F)F. The van der Waals surface area contributed by atoms with Crippen LogP contribution in [0, 0.1) is 11.8 Å². The molecule has 2 aliphatic heterocycles. The van der Waals surface area contributed by atoms with Crippen LogP contribution in [0.3, 0.4) is 0 Å². The Kier molecular flexibility index (Phi) is 5.45. The van der Waals surface area contributed by atoms with Crippen LogP contribution in [0.25, 0.3) is 0 Å². The van der Waals surface area contributed by atoms with Gasteiger partial charge in [0, 0.05) is 25.2 Å². The Labute approximate surface area is 153 Å². The second-order valence-corrected chi connectivity index (χ2v) is 6.56. The molecule has 2 saturated heterocycles. The van der Waals surface area contributed by atoms with Crippen molar-refractivity contribution in [3.63, 3.8) is 0 Å². The van der Waals surface area contributed by atoms with Crippen LogP contribution < -0.4 is 10.1 Å². The third-order valence-electron chi connectivity index (χ3n) is 4.64. The molecule has 1 aromatic carbocycles. The molecule has 2 amide bonds. The number of ether oxygens (including phenoxy) is 2. The molecule has 3 atom stereocenters. The van der Waals surface area contributed by atoms with Crippen LogP contribution in [-0.2, 0) is 9.53 Å². The summed E-state index contributed by atoms with van der Waals surface area (Å²) in [6.45, 7) is -0.0210. The number of carboxylic acids is 1. The van der Waals surface area contributed by atoms with Crippen LogP contribution in [0.1, 0.15) is 6.42 Å². The largest absolute Gasteiger partial charge is 0.488 e. The lowest BCUT2D eigenvalue weighted by atomic mass is 9.96. The number of halogens is 3. The minimum absolute atomic E-state index is 0.0257. The van der Waals surface area contributed by atoms with Gasteiger partial charge in [-0.3, -0.25) is 4.79 Å². The van der Waals surface area contributed by atoms with E-state index in [9.17, 15) is 22.8 Å². The van der Waals surface area contributed by atoms with E-state index in [1.165, 1.54) is 0 Å². The number of carboxylic acid groups (broad SMARTS) is 1. The molecule has 7 nitrogen and oxygen atoms in total. The summed E-state index contributed by atoms with van der Waals surface area (Å²) in [6.07, 6.45) is -3.91. The summed E-state index contributed by atoms with van der Waals surface area (Å²) in [7, 11) is 0. The lowest BCUT2D eigenvalue weighted by Gasteiger charge is -2.19. The maximum absolute atomic E-state index is 13.0. The number of carbonyl (C=O) groups is 2. The van der Waals surface area contributed by atoms with E-state index < -0.39 is 43.1 Å². The Hall–Kier alpha value is -2.49. The third kappa shape index (κ3) is 4.62. The number of carbonyl (C=O) groups excluding carboxylic acids is 1. The number of aliphatic carboxylic acids is 1. The molecule has 0 radical (unpaired) electrons. The van der Waals surface area contributed by atoms with Crippen molar-refractivity contribution in [1.29, 1.82) is 0 Å². The summed E-state index contributed by atoms with van der Waals surface area (Å²) in [6, 6.07) is 5.63. The van der Waals surface area contributed by atoms with Crippen LogP contribution in [0.4, 0.5) is 23.7 Å². The number of rotatable bonds is 4. The van der Waals surface area contributed by atoms with Gasteiger partial charge < -0.3 is 24.8 Å². The quantitative estimate of drug-likeness (QED) is 0.828. The van der Waals surface area contributed by atoms with Crippen LogP contribution in [-0.4, -0.2) is 60.6 Å². The van der Waals surface area contributed by atoms with E-state index in [1.807, 2.05) is 0 Å². The number of nitrogens with zero attached hydrogens (tertiary/aromatic N) is 1. The number of nitrogens with one attached hydrogen (secondary N) is 1. The van der Waals surface area contributed by atoms with E-state index in [0.717, 1.165) is 11.3 Å². The summed E-state index contributed by atoms with van der Waals surface area (Å²) < 4.78 is 49.9. The summed E-state index contributed by atoms with van der Waals surface area (Å²) in [5, 5.41) is 11.5. The van der Waals surface area contributed by atoms with Gasteiger partial charge in [0.05, 0.1) is 25.0 Å². The Balaban J connectivity index is 1.59. The lowest BCUT2D eigenvalue weighted by Crippen LogP contribution is -2.35. The van der Waals surface area contributed by atoms with Crippen LogP contribution >= 0.6 is 0 Å². The lowest BCUT2D eigenvalue weighted by molar-refractivity contribution is -0.187. The Morgan fingerprint density at radius 1 is 1.22 bits per heavy atom. The van der Waals surface area contributed by atoms with Gasteiger partial charge in [0.15, 0.2) is 0 Å². The van der Waals surface area contributed by atoms with Crippen LogP contribution in [0.2, 0.25) is 0 Å². The van der Waals surface area contributed by atoms with Gasteiger partial charge in [0.1, 0.15) is 11.9 Å². The van der Waals surface area contributed by atoms with E-state index in [4.69, 9.17) is 14.6 Å². The normalized spacial score (nSPS) is 25.4. The molecule has 2 N–H and O–H groups in total. The second-order valence-electron chi connectivity index (χ2n) is 6.56. The Morgan fingerprint density at radius 3 is 2.44 bits per heavy atom. The number of likely N-dealkylation sites (tertiary alicyclic amines) is 1. The molecule has 0 bridgehead atoms. The number of amides is 2. The third-order valence-corrected chi connectivity index (χ3v) is 4.64. The molecule has 10 heteroatoms. The highest BCUT2D eigenvalue weighted by molar-refractivity contribution is 5.90. The minimum atomic E-state index is -4.68. The number of hydrogen-bond donors (Lipinski definition) is 2. The van der Waals surface area contributed by atoms with E-state index in [1.54, 1.807) is 24.3 Å². The van der Waals surface area contributed by atoms with Gasteiger partial charge in [-0.15, -0.1) is 0 Å². The van der Waals surface area contributed by atoms with Crippen molar-refractivity contribution in [3.8, 4) is 5.75 Å². The second kappa shape index (κ2) is 7.63. The predicted octanol–water partition coefficient (Wildman–Crippen LogP) is 2.58.